The summed E-state index contributed by atoms with van der Waals surface area (Å²) in [4.78, 5) is 4.28. The third-order valence-corrected chi connectivity index (χ3v) is 3.96. The van der Waals surface area contributed by atoms with Crippen LogP contribution in [0.25, 0.3) is 0 Å². The first-order valence-corrected chi connectivity index (χ1v) is 7.38. The topological polar surface area (TPSA) is 24.9 Å². The number of thiazole rings is 1. The summed E-state index contributed by atoms with van der Waals surface area (Å²) in [7, 11) is 0. The van der Waals surface area contributed by atoms with Gasteiger partial charge in [0.15, 0.2) is 0 Å². The molecule has 0 saturated carbocycles. The molecule has 2 nitrogen and oxygen atoms in total. The first kappa shape index (κ1) is 13.2. The highest BCUT2D eigenvalue weighted by Gasteiger charge is 2.03. The maximum Gasteiger partial charge on any atom is 0.0937 e. The lowest BCUT2D eigenvalue weighted by molar-refractivity contribution is 0.594. The van der Waals surface area contributed by atoms with E-state index in [1.807, 2.05) is 11.6 Å². The summed E-state index contributed by atoms with van der Waals surface area (Å²) in [5, 5.41) is 6.75. The first-order chi connectivity index (χ1) is 8.86. The van der Waals surface area contributed by atoms with E-state index in [-0.39, 0.29) is 0 Å². The SMILES string of the molecule is CC(CCNCCc1nccs1)c1ccccc1. The van der Waals surface area contributed by atoms with Gasteiger partial charge in [0, 0.05) is 24.5 Å². The molecule has 0 amide bonds. The van der Waals surface area contributed by atoms with Gasteiger partial charge in [0.25, 0.3) is 0 Å². The Bertz CT molecular complexity index is 425. The molecule has 18 heavy (non-hydrogen) atoms. The molecule has 1 atom stereocenters. The van der Waals surface area contributed by atoms with E-state index >= 15 is 0 Å². The minimum atomic E-state index is 0.624. The third-order valence-electron chi connectivity index (χ3n) is 3.12. The predicted molar refractivity (Wildman–Crippen MR) is 78.2 cm³/mol. The van der Waals surface area contributed by atoms with Crippen LogP contribution in [0.2, 0.25) is 0 Å². The molecule has 0 aliphatic rings. The zero-order valence-corrected chi connectivity index (χ0v) is 11.6. The molecular formula is C15H20N2S. The van der Waals surface area contributed by atoms with Gasteiger partial charge in [-0.3, -0.25) is 0 Å². The molecule has 0 saturated heterocycles. The van der Waals surface area contributed by atoms with Crippen molar-refractivity contribution in [2.75, 3.05) is 13.1 Å². The zero-order chi connectivity index (χ0) is 12.6. The second-order valence-corrected chi connectivity index (χ2v) is 5.51. The molecule has 3 heteroatoms. The molecule has 1 heterocycles. The van der Waals surface area contributed by atoms with E-state index < -0.39 is 0 Å². The van der Waals surface area contributed by atoms with Crippen molar-refractivity contribution in [2.45, 2.75) is 25.7 Å². The average Bonchev–Trinajstić information content (AvgIpc) is 2.92. The molecule has 1 N–H and O–H groups in total. The van der Waals surface area contributed by atoms with Crippen LogP contribution in [0.3, 0.4) is 0 Å². The number of hydrogen-bond acceptors (Lipinski definition) is 3. The van der Waals surface area contributed by atoms with Gasteiger partial charge in [0.1, 0.15) is 0 Å². The van der Waals surface area contributed by atoms with Gasteiger partial charge < -0.3 is 5.32 Å². The fourth-order valence-electron chi connectivity index (χ4n) is 1.96. The lowest BCUT2D eigenvalue weighted by atomic mass is 9.98. The van der Waals surface area contributed by atoms with Crippen molar-refractivity contribution in [1.82, 2.24) is 10.3 Å². The summed E-state index contributed by atoms with van der Waals surface area (Å²) in [5.74, 6) is 0.624. The molecule has 0 bridgehead atoms. The molecule has 0 aliphatic carbocycles. The predicted octanol–water partition coefficient (Wildman–Crippen LogP) is 3.47. The second kappa shape index (κ2) is 7.29. The highest BCUT2D eigenvalue weighted by molar-refractivity contribution is 7.09. The summed E-state index contributed by atoms with van der Waals surface area (Å²) < 4.78 is 0. The molecule has 2 aromatic rings. The largest absolute Gasteiger partial charge is 0.316 e. The van der Waals surface area contributed by atoms with Crippen molar-refractivity contribution in [1.29, 1.82) is 0 Å². The van der Waals surface area contributed by atoms with Crippen molar-refractivity contribution in [2.24, 2.45) is 0 Å². The van der Waals surface area contributed by atoms with Gasteiger partial charge in [0.2, 0.25) is 0 Å². The van der Waals surface area contributed by atoms with Crippen LogP contribution in [-0.4, -0.2) is 18.1 Å². The van der Waals surface area contributed by atoms with Crippen LogP contribution in [0, 0.1) is 0 Å². The number of rotatable bonds is 7. The molecule has 1 aromatic heterocycles. The van der Waals surface area contributed by atoms with E-state index in [0.29, 0.717) is 5.92 Å². The Kier molecular flexibility index (Phi) is 5.36. The summed E-state index contributed by atoms with van der Waals surface area (Å²) in [6.07, 6.45) is 4.09. The van der Waals surface area contributed by atoms with Gasteiger partial charge in [-0.2, -0.15) is 0 Å². The molecule has 1 aromatic carbocycles. The lowest BCUT2D eigenvalue weighted by Gasteiger charge is -2.12. The van der Waals surface area contributed by atoms with Crippen molar-refractivity contribution < 1.29 is 0 Å². The van der Waals surface area contributed by atoms with Crippen LogP contribution in [0.4, 0.5) is 0 Å². The van der Waals surface area contributed by atoms with Crippen LogP contribution in [0.5, 0.6) is 0 Å². The maximum atomic E-state index is 4.28. The summed E-state index contributed by atoms with van der Waals surface area (Å²) in [6.45, 7) is 4.38. The van der Waals surface area contributed by atoms with Crippen LogP contribution in [0.15, 0.2) is 41.9 Å². The van der Waals surface area contributed by atoms with E-state index in [4.69, 9.17) is 0 Å². The lowest BCUT2D eigenvalue weighted by Crippen LogP contribution is -2.19. The third kappa shape index (κ3) is 4.24. The van der Waals surface area contributed by atoms with Crippen LogP contribution < -0.4 is 5.32 Å². The fourth-order valence-corrected chi connectivity index (χ4v) is 2.58. The molecule has 0 spiro atoms. The van der Waals surface area contributed by atoms with E-state index in [9.17, 15) is 0 Å². The molecule has 1 unspecified atom stereocenters. The van der Waals surface area contributed by atoms with Crippen molar-refractivity contribution in [3.63, 3.8) is 0 Å². The van der Waals surface area contributed by atoms with Crippen LogP contribution in [0.1, 0.15) is 29.8 Å². The molecular weight excluding hydrogens is 240 g/mol. The standard InChI is InChI=1S/C15H20N2S/c1-13(14-5-3-2-4-6-14)7-9-16-10-8-15-17-11-12-18-15/h2-6,11-13,16H,7-10H2,1H3. The quantitative estimate of drug-likeness (QED) is 0.771. The van der Waals surface area contributed by atoms with E-state index in [1.54, 1.807) is 11.3 Å². The fraction of sp³-hybridized carbons (Fsp3) is 0.400. The Balaban J connectivity index is 1.61. The van der Waals surface area contributed by atoms with Gasteiger partial charge in [-0.25, -0.2) is 4.98 Å². The number of hydrogen-bond donors (Lipinski definition) is 1. The number of nitrogens with one attached hydrogen (secondary N) is 1. The number of benzene rings is 1. The summed E-state index contributed by atoms with van der Waals surface area (Å²) in [6, 6.07) is 10.7. The highest BCUT2D eigenvalue weighted by atomic mass is 32.1. The molecule has 2 rings (SSSR count). The Labute approximate surface area is 113 Å². The first-order valence-electron chi connectivity index (χ1n) is 6.50. The van der Waals surface area contributed by atoms with Crippen LogP contribution >= 0.6 is 11.3 Å². The minimum absolute atomic E-state index is 0.624. The smallest absolute Gasteiger partial charge is 0.0937 e. The summed E-state index contributed by atoms with van der Waals surface area (Å²) >= 11 is 1.73. The normalized spacial score (nSPS) is 12.5. The second-order valence-electron chi connectivity index (χ2n) is 4.53. The van der Waals surface area contributed by atoms with Crippen molar-refractivity contribution >= 4 is 11.3 Å². The summed E-state index contributed by atoms with van der Waals surface area (Å²) in [5.41, 5.74) is 1.43. The molecule has 0 fully saturated rings. The van der Waals surface area contributed by atoms with E-state index in [1.165, 1.54) is 17.0 Å². The monoisotopic (exact) mass is 260 g/mol. The van der Waals surface area contributed by atoms with Crippen LogP contribution in [-0.2, 0) is 6.42 Å². The van der Waals surface area contributed by atoms with Gasteiger partial charge >= 0.3 is 0 Å². The van der Waals surface area contributed by atoms with Gasteiger partial charge in [0.05, 0.1) is 5.01 Å². The Morgan fingerprint density at radius 3 is 2.78 bits per heavy atom. The molecule has 0 aliphatic heterocycles. The van der Waals surface area contributed by atoms with E-state index in [0.717, 1.165) is 19.5 Å². The average molecular weight is 260 g/mol. The molecule has 0 radical (unpaired) electrons. The van der Waals surface area contributed by atoms with Crippen molar-refractivity contribution in [3.05, 3.63) is 52.5 Å². The Morgan fingerprint density at radius 2 is 2.06 bits per heavy atom. The highest BCUT2D eigenvalue weighted by Crippen LogP contribution is 2.17. The zero-order valence-electron chi connectivity index (χ0n) is 10.8. The number of aromatic nitrogens is 1. The van der Waals surface area contributed by atoms with Crippen molar-refractivity contribution in [3.8, 4) is 0 Å². The maximum absolute atomic E-state index is 4.28. The minimum Gasteiger partial charge on any atom is -0.316 e. The number of nitrogens with zero attached hydrogens (tertiary/aromatic N) is 1. The van der Waals surface area contributed by atoms with Gasteiger partial charge in [-0.05, 0) is 24.4 Å². The van der Waals surface area contributed by atoms with E-state index in [2.05, 4.69) is 47.6 Å². The molecule has 96 valence electrons. The van der Waals surface area contributed by atoms with Gasteiger partial charge in [-0.15, -0.1) is 11.3 Å². The Hall–Kier alpha value is -1.19. The Morgan fingerprint density at radius 1 is 1.22 bits per heavy atom. The van der Waals surface area contributed by atoms with Gasteiger partial charge in [-0.1, -0.05) is 37.3 Å².